The molecule has 0 spiro atoms. The molecule has 0 bridgehead atoms. The van der Waals surface area contributed by atoms with Crippen LogP contribution in [0.1, 0.15) is 13.3 Å². The van der Waals surface area contributed by atoms with E-state index in [1.807, 2.05) is 6.92 Å². The first kappa shape index (κ1) is 8.75. The molecule has 1 aliphatic heterocycles. The molecule has 0 aromatic carbocycles. The van der Waals surface area contributed by atoms with Gasteiger partial charge < -0.3 is 9.47 Å². The monoisotopic (exact) mass is 156 g/mol. The minimum absolute atomic E-state index is 0.434. The zero-order valence-electron chi connectivity index (χ0n) is 7.14. The smallest absolute Gasteiger partial charge is 0.0553 e. The molecule has 0 aromatic heterocycles. The summed E-state index contributed by atoms with van der Waals surface area (Å²) in [5.74, 6) is 0.434. The van der Waals surface area contributed by atoms with E-state index in [9.17, 15) is 0 Å². The summed E-state index contributed by atoms with van der Waals surface area (Å²) in [5, 5.41) is 0. The molecule has 0 radical (unpaired) electrons. The fourth-order valence-corrected chi connectivity index (χ4v) is 1.18. The lowest BCUT2D eigenvalue weighted by Crippen LogP contribution is -2.23. The highest BCUT2D eigenvalue weighted by molar-refractivity contribution is 5.02. The topological polar surface area (TPSA) is 18.5 Å². The van der Waals surface area contributed by atoms with Crippen molar-refractivity contribution in [2.24, 2.45) is 5.92 Å². The molecule has 1 saturated heterocycles. The Morgan fingerprint density at radius 3 is 3.18 bits per heavy atom. The molecule has 1 heterocycles. The number of ether oxygens (including phenoxy) is 2. The van der Waals surface area contributed by atoms with Crippen LogP contribution in [0.25, 0.3) is 0 Å². The van der Waals surface area contributed by atoms with E-state index < -0.39 is 0 Å². The van der Waals surface area contributed by atoms with Gasteiger partial charge in [-0.15, -0.1) is 0 Å². The summed E-state index contributed by atoms with van der Waals surface area (Å²) in [7, 11) is 0. The van der Waals surface area contributed by atoms with E-state index >= 15 is 0 Å². The van der Waals surface area contributed by atoms with Crippen LogP contribution in [-0.4, -0.2) is 26.4 Å². The van der Waals surface area contributed by atoms with Gasteiger partial charge in [0, 0.05) is 12.5 Å². The summed E-state index contributed by atoms with van der Waals surface area (Å²) in [6, 6.07) is 0. The summed E-state index contributed by atoms with van der Waals surface area (Å²) in [5.41, 5.74) is 1.28. The van der Waals surface area contributed by atoms with Crippen molar-refractivity contribution in [3.8, 4) is 0 Å². The summed E-state index contributed by atoms with van der Waals surface area (Å²) in [4.78, 5) is 0. The maximum Gasteiger partial charge on any atom is 0.0553 e. The minimum Gasteiger partial charge on any atom is -0.381 e. The van der Waals surface area contributed by atoms with Gasteiger partial charge in [-0.25, -0.2) is 0 Å². The molecule has 1 atom stereocenters. The molecule has 0 N–H and O–H groups in total. The first-order valence-electron chi connectivity index (χ1n) is 4.17. The van der Waals surface area contributed by atoms with E-state index in [1.165, 1.54) is 5.57 Å². The Hall–Kier alpha value is -0.340. The number of hydrogen-bond acceptors (Lipinski definition) is 2. The number of rotatable bonds is 3. The quantitative estimate of drug-likeness (QED) is 0.578. The average molecular weight is 156 g/mol. The Kier molecular flexibility index (Phi) is 3.60. The normalized spacial score (nSPS) is 25.5. The summed E-state index contributed by atoms with van der Waals surface area (Å²) in [6.07, 6.45) is 0.998. The molecule has 0 aromatic rings. The number of hydrogen-bond donors (Lipinski definition) is 0. The third-order valence-corrected chi connectivity index (χ3v) is 1.99. The van der Waals surface area contributed by atoms with Crippen LogP contribution >= 0.6 is 0 Å². The molecule has 1 aliphatic rings. The van der Waals surface area contributed by atoms with Gasteiger partial charge in [-0.1, -0.05) is 12.2 Å². The predicted octanol–water partition coefficient (Wildman–Crippen LogP) is 1.62. The van der Waals surface area contributed by atoms with E-state index in [1.54, 1.807) is 0 Å². The maximum absolute atomic E-state index is 5.31. The zero-order valence-corrected chi connectivity index (χ0v) is 7.14. The van der Waals surface area contributed by atoms with Crippen molar-refractivity contribution in [2.75, 3.05) is 26.4 Å². The fourth-order valence-electron chi connectivity index (χ4n) is 1.18. The maximum atomic E-state index is 5.31. The van der Waals surface area contributed by atoms with E-state index in [-0.39, 0.29) is 0 Å². The van der Waals surface area contributed by atoms with Crippen LogP contribution in [0.4, 0.5) is 0 Å². The van der Waals surface area contributed by atoms with Crippen LogP contribution in [0.2, 0.25) is 0 Å². The average Bonchev–Trinajstić information content (AvgIpc) is 2.03. The van der Waals surface area contributed by atoms with Gasteiger partial charge in [0.1, 0.15) is 0 Å². The van der Waals surface area contributed by atoms with Crippen molar-refractivity contribution in [3.63, 3.8) is 0 Å². The lowest BCUT2D eigenvalue weighted by atomic mass is 9.98. The molecule has 1 rings (SSSR count). The van der Waals surface area contributed by atoms with Crippen LogP contribution in [0, 0.1) is 5.92 Å². The van der Waals surface area contributed by atoms with Crippen molar-refractivity contribution in [1.29, 1.82) is 0 Å². The molecule has 2 nitrogen and oxygen atoms in total. The van der Waals surface area contributed by atoms with Gasteiger partial charge in [0.05, 0.1) is 19.8 Å². The van der Waals surface area contributed by atoms with Gasteiger partial charge in [-0.3, -0.25) is 0 Å². The van der Waals surface area contributed by atoms with Crippen molar-refractivity contribution < 1.29 is 9.47 Å². The first-order valence-corrected chi connectivity index (χ1v) is 4.17. The molecule has 1 unspecified atom stereocenters. The SMILES string of the molecule is C=C1CCOCC1COCC. The van der Waals surface area contributed by atoms with Gasteiger partial charge in [0.25, 0.3) is 0 Å². The van der Waals surface area contributed by atoms with E-state index in [0.717, 1.165) is 32.8 Å². The highest BCUT2D eigenvalue weighted by Crippen LogP contribution is 2.18. The molecule has 11 heavy (non-hydrogen) atoms. The minimum atomic E-state index is 0.434. The largest absolute Gasteiger partial charge is 0.381 e. The third-order valence-electron chi connectivity index (χ3n) is 1.99. The van der Waals surface area contributed by atoms with Gasteiger partial charge in [0.2, 0.25) is 0 Å². The van der Waals surface area contributed by atoms with E-state index in [2.05, 4.69) is 6.58 Å². The molecule has 0 saturated carbocycles. The lowest BCUT2D eigenvalue weighted by Gasteiger charge is -2.24. The Balaban J connectivity index is 2.24. The van der Waals surface area contributed by atoms with Gasteiger partial charge >= 0.3 is 0 Å². The standard InChI is InChI=1S/C9H16O2/c1-3-10-6-9-7-11-5-4-8(9)2/h9H,2-7H2,1H3. The highest BCUT2D eigenvalue weighted by Gasteiger charge is 2.17. The van der Waals surface area contributed by atoms with Crippen LogP contribution in [0.15, 0.2) is 12.2 Å². The zero-order chi connectivity index (χ0) is 8.10. The van der Waals surface area contributed by atoms with Crippen LogP contribution in [-0.2, 0) is 9.47 Å². The Morgan fingerprint density at radius 1 is 1.73 bits per heavy atom. The molecule has 64 valence electrons. The molecule has 2 heteroatoms. The summed E-state index contributed by atoms with van der Waals surface area (Å²) >= 11 is 0. The van der Waals surface area contributed by atoms with E-state index in [4.69, 9.17) is 9.47 Å². The second-order valence-corrected chi connectivity index (χ2v) is 2.84. The van der Waals surface area contributed by atoms with E-state index in [0.29, 0.717) is 5.92 Å². The summed E-state index contributed by atoms with van der Waals surface area (Å²) < 4.78 is 10.6. The Labute approximate surface area is 68.2 Å². The van der Waals surface area contributed by atoms with Gasteiger partial charge in [-0.05, 0) is 13.3 Å². The second kappa shape index (κ2) is 4.52. The molecular weight excluding hydrogens is 140 g/mol. The van der Waals surface area contributed by atoms with Gasteiger partial charge in [-0.2, -0.15) is 0 Å². The van der Waals surface area contributed by atoms with Crippen molar-refractivity contribution in [1.82, 2.24) is 0 Å². The van der Waals surface area contributed by atoms with Crippen molar-refractivity contribution >= 4 is 0 Å². The Morgan fingerprint density at radius 2 is 2.55 bits per heavy atom. The Bertz CT molecular complexity index is 132. The van der Waals surface area contributed by atoms with Crippen molar-refractivity contribution in [3.05, 3.63) is 12.2 Å². The predicted molar refractivity (Wildman–Crippen MR) is 44.6 cm³/mol. The summed E-state index contributed by atoms with van der Waals surface area (Å²) in [6.45, 7) is 9.17. The van der Waals surface area contributed by atoms with Crippen molar-refractivity contribution in [2.45, 2.75) is 13.3 Å². The van der Waals surface area contributed by atoms with Crippen LogP contribution in [0.3, 0.4) is 0 Å². The first-order chi connectivity index (χ1) is 5.34. The van der Waals surface area contributed by atoms with Crippen LogP contribution < -0.4 is 0 Å². The highest BCUT2D eigenvalue weighted by atomic mass is 16.5. The van der Waals surface area contributed by atoms with Crippen LogP contribution in [0.5, 0.6) is 0 Å². The third kappa shape index (κ3) is 2.64. The molecule has 0 amide bonds. The molecule has 1 fully saturated rings. The molecule has 0 aliphatic carbocycles. The fraction of sp³-hybridized carbons (Fsp3) is 0.778. The molecular formula is C9H16O2. The van der Waals surface area contributed by atoms with Gasteiger partial charge in [0.15, 0.2) is 0 Å². The second-order valence-electron chi connectivity index (χ2n) is 2.84. The lowest BCUT2D eigenvalue weighted by molar-refractivity contribution is 0.0359.